The minimum atomic E-state index is -0.531. The number of rotatable bonds is 6. The molecule has 0 radical (unpaired) electrons. The number of aromatic nitrogens is 1. The fourth-order valence-electron chi connectivity index (χ4n) is 3.64. The van der Waals surface area contributed by atoms with Crippen molar-refractivity contribution in [1.29, 1.82) is 0 Å². The van der Waals surface area contributed by atoms with Gasteiger partial charge < -0.3 is 15.2 Å². The fraction of sp³-hybridized carbons (Fsp3) is 0.273. The zero-order valence-corrected chi connectivity index (χ0v) is 16.5. The summed E-state index contributed by atoms with van der Waals surface area (Å²) in [5.74, 6) is 0.567. The molecule has 1 aliphatic heterocycles. The van der Waals surface area contributed by atoms with Gasteiger partial charge in [-0.3, -0.25) is 9.59 Å². The summed E-state index contributed by atoms with van der Waals surface area (Å²) in [5, 5.41) is 6.94. The smallest absolute Gasteiger partial charge is 0.243 e. The predicted octanol–water partition coefficient (Wildman–Crippen LogP) is 2.89. The van der Waals surface area contributed by atoms with E-state index in [2.05, 4.69) is 27.3 Å². The zero-order chi connectivity index (χ0) is 19.5. The van der Waals surface area contributed by atoms with Gasteiger partial charge in [0, 0.05) is 41.2 Å². The number of piperazine rings is 1. The Labute approximate surface area is 168 Å². The Morgan fingerprint density at radius 1 is 0.929 bits per heavy atom. The lowest BCUT2D eigenvalue weighted by Crippen LogP contribution is -2.62. The number of nitrogens with one attached hydrogen (secondary N) is 2. The van der Waals surface area contributed by atoms with E-state index < -0.39 is 12.1 Å². The van der Waals surface area contributed by atoms with Gasteiger partial charge in [0.05, 0.1) is 0 Å². The number of aryl methyl sites for hydroxylation is 1. The van der Waals surface area contributed by atoms with E-state index >= 15 is 0 Å². The normalized spacial score (nSPS) is 19.5. The molecule has 1 aliphatic rings. The maximum absolute atomic E-state index is 12.6. The molecule has 0 unspecified atom stereocenters. The standard InChI is InChI=1S/C22H23N3O2S/c1-25-14-15(17-9-5-6-10-20(17)25)13-19-22(27)23-18(21(26)24-19)11-12-28-16-7-3-2-4-8-16/h2-10,14,18-19H,11-13H2,1H3,(H,23,27)(H,24,26)/t18-,19+/m0/s1. The highest BCUT2D eigenvalue weighted by Crippen LogP contribution is 2.23. The fourth-order valence-corrected chi connectivity index (χ4v) is 4.58. The van der Waals surface area contributed by atoms with Crippen molar-refractivity contribution in [3.8, 4) is 0 Å². The van der Waals surface area contributed by atoms with E-state index in [-0.39, 0.29) is 11.8 Å². The van der Waals surface area contributed by atoms with E-state index in [9.17, 15) is 9.59 Å². The predicted molar refractivity (Wildman–Crippen MR) is 112 cm³/mol. The molecule has 0 spiro atoms. The third-order valence-corrected chi connectivity index (χ3v) is 6.13. The molecule has 0 aliphatic carbocycles. The number of carbonyl (C=O) groups excluding carboxylic acids is 2. The van der Waals surface area contributed by atoms with E-state index in [1.165, 1.54) is 4.90 Å². The van der Waals surface area contributed by atoms with E-state index in [0.717, 1.165) is 22.2 Å². The van der Waals surface area contributed by atoms with Crippen molar-refractivity contribution in [2.75, 3.05) is 5.75 Å². The monoisotopic (exact) mass is 393 g/mol. The molecule has 1 saturated heterocycles. The van der Waals surface area contributed by atoms with Crippen molar-refractivity contribution in [3.05, 3.63) is 66.4 Å². The van der Waals surface area contributed by atoms with Gasteiger partial charge in [-0.2, -0.15) is 0 Å². The quantitative estimate of drug-likeness (QED) is 0.633. The number of hydrogen-bond acceptors (Lipinski definition) is 3. The van der Waals surface area contributed by atoms with Crippen molar-refractivity contribution in [2.45, 2.75) is 29.8 Å². The van der Waals surface area contributed by atoms with E-state index in [0.29, 0.717) is 12.8 Å². The number of amides is 2. The van der Waals surface area contributed by atoms with Crippen LogP contribution in [0.1, 0.15) is 12.0 Å². The van der Waals surface area contributed by atoms with Gasteiger partial charge in [0.1, 0.15) is 12.1 Å². The number of fused-ring (bicyclic) bond motifs is 1. The minimum Gasteiger partial charge on any atom is -0.350 e. The highest BCUT2D eigenvalue weighted by Gasteiger charge is 2.33. The van der Waals surface area contributed by atoms with Gasteiger partial charge in [0.15, 0.2) is 0 Å². The SMILES string of the molecule is Cn1cc(C[C@H]2NC(=O)[C@H](CCSc3ccccc3)NC2=O)c2ccccc21. The Morgan fingerprint density at radius 2 is 1.61 bits per heavy atom. The van der Waals surface area contributed by atoms with Crippen LogP contribution in [-0.2, 0) is 23.1 Å². The number of benzene rings is 2. The lowest BCUT2D eigenvalue weighted by molar-refractivity contribution is -0.136. The Balaban J connectivity index is 1.37. The van der Waals surface area contributed by atoms with Gasteiger partial charge in [-0.25, -0.2) is 0 Å². The minimum absolute atomic E-state index is 0.0986. The summed E-state index contributed by atoms with van der Waals surface area (Å²) in [6.07, 6.45) is 3.13. The second-order valence-corrected chi connectivity index (χ2v) is 8.23. The van der Waals surface area contributed by atoms with Crippen molar-refractivity contribution in [1.82, 2.24) is 15.2 Å². The lowest BCUT2D eigenvalue weighted by Gasteiger charge is -2.29. The molecule has 28 heavy (non-hydrogen) atoms. The summed E-state index contributed by atoms with van der Waals surface area (Å²) in [6.45, 7) is 0. The average Bonchev–Trinajstić information content (AvgIpc) is 3.02. The van der Waals surface area contributed by atoms with Gasteiger partial charge in [-0.1, -0.05) is 36.4 Å². The molecule has 2 amide bonds. The van der Waals surface area contributed by atoms with Gasteiger partial charge >= 0.3 is 0 Å². The van der Waals surface area contributed by atoms with Crippen molar-refractivity contribution >= 4 is 34.5 Å². The number of para-hydroxylation sites is 1. The Bertz CT molecular complexity index is 999. The summed E-state index contributed by atoms with van der Waals surface area (Å²) in [4.78, 5) is 26.3. The van der Waals surface area contributed by atoms with Crippen LogP contribution in [0.5, 0.6) is 0 Å². The molecule has 6 heteroatoms. The first kappa shape index (κ1) is 18.6. The summed E-state index contributed by atoms with van der Waals surface area (Å²) in [7, 11) is 1.99. The Kier molecular flexibility index (Phi) is 5.39. The van der Waals surface area contributed by atoms with Crippen LogP contribution in [0, 0.1) is 0 Å². The second-order valence-electron chi connectivity index (χ2n) is 7.06. The summed E-state index contributed by atoms with van der Waals surface area (Å²) < 4.78 is 2.05. The van der Waals surface area contributed by atoms with Gasteiger partial charge in [-0.05, 0) is 30.2 Å². The van der Waals surface area contributed by atoms with Gasteiger partial charge in [-0.15, -0.1) is 11.8 Å². The molecular formula is C22H23N3O2S. The van der Waals surface area contributed by atoms with Crippen molar-refractivity contribution in [2.24, 2.45) is 7.05 Å². The highest BCUT2D eigenvalue weighted by atomic mass is 32.2. The molecule has 0 saturated carbocycles. The first-order chi connectivity index (χ1) is 13.6. The van der Waals surface area contributed by atoms with Crippen LogP contribution in [0.2, 0.25) is 0 Å². The van der Waals surface area contributed by atoms with Crippen LogP contribution >= 0.6 is 11.8 Å². The third-order valence-electron chi connectivity index (χ3n) is 5.09. The average molecular weight is 394 g/mol. The maximum Gasteiger partial charge on any atom is 0.243 e. The molecule has 3 aromatic rings. The molecule has 2 aromatic carbocycles. The Morgan fingerprint density at radius 3 is 2.43 bits per heavy atom. The first-order valence-corrected chi connectivity index (χ1v) is 10.4. The molecule has 2 atom stereocenters. The van der Waals surface area contributed by atoms with Crippen LogP contribution in [0.15, 0.2) is 65.7 Å². The maximum atomic E-state index is 12.6. The number of hydrogen-bond donors (Lipinski definition) is 2. The Hall–Kier alpha value is -2.73. The molecule has 2 N–H and O–H groups in total. The van der Waals surface area contributed by atoms with Gasteiger partial charge in [0.2, 0.25) is 11.8 Å². The zero-order valence-electron chi connectivity index (χ0n) is 15.7. The van der Waals surface area contributed by atoms with E-state index in [1.807, 2.05) is 55.7 Å². The molecule has 0 bridgehead atoms. The summed E-state index contributed by atoms with van der Waals surface area (Å²) in [5.41, 5.74) is 2.19. The number of carbonyl (C=O) groups is 2. The lowest BCUT2D eigenvalue weighted by atomic mass is 10.0. The van der Waals surface area contributed by atoms with Crippen molar-refractivity contribution in [3.63, 3.8) is 0 Å². The van der Waals surface area contributed by atoms with Crippen LogP contribution in [0.3, 0.4) is 0 Å². The van der Waals surface area contributed by atoms with E-state index in [1.54, 1.807) is 11.8 Å². The highest BCUT2D eigenvalue weighted by molar-refractivity contribution is 7.99. The topological polar surface area (TPSA) is 63.1 Å². The molecular weight excluding hydrogens is 370 g/mol. The number of thioether (sulfide) groups is 1. The first-order valence-electron chi connectivity index (χ1n) is 9.43. The third kappa shape index (κ3) is 3.92. The van der Waals surface area contributed by atoms with E-state index in [4.69, 9.17) is 0 Å². The van der Waals surface area contributed by atoms with Crippen LogP contribution in [0.25, 0.3) is 10.9 Å². The summed E-state index contributed by atoms with van der Waals surface area (Å²) >= 11 is 1.69. The van der Waals surface area contributed by atoms with Crippen LogP contribution in [-0.4, -0.2) is 34.2 Å². The second kappa shape index (κ2) is 8.10. The van der Waals surface area contributed by atoms with Gasteiger partial charge in [0.25, 0.3) is 0 Å². The van der Waals surface area contributed by atoms with Crippen molar-refractivity contribution < 1.29 is 9.59 Å². The molecule has 1 aromatic heterocycles. The molecule has 2 heterocycles. The summed E-state index contributed by atoms with van der Waals surface area (Å²) in [6, 6.07) is 17.2. The molecule has 144 valence electrons. The number of nitrogens with zero attached hydrogens (tertiary/aromatic N) is 1. The molecule has 5 nitrogen and oxygen atoms in total. The molecule has 1 fully saturated rings. The molecule has 4 rings (SSSR count). The van der Waals surface area contributed by atoms with Crippen LogP contribution in [0.4, 0.5) is 0 Å². The van der Waals surface area contributed by atoms with Crippen LogP contribution < -0.4 is 10.6 Å². The largest absolute Gasteiger partial charge is 0.350 e.